The number of benzene rings is 1. The van der Waals surface area contributed by atoms with Gasteiger partial charge in [0.05, 0.1) is 12.2 Å². The van der Waals surface area contributed by atoms with Gasteiger partial charge in [0.1, 0.15) is 5.56 Å². The average Bonchev–Trinajstić information content (AvgIpc) is 2.76. The largest absolute Gasteiger partial charge is 0.462 e. The Balaban J connectivity index is 2.45. The van der Waals surface area contributed by atoms with Crippen molar-refractivity contribution in [3.05, 3.63) is 23.3 Å². The summed E-state index contributed by atoms with van der Waals surface area (Å²) in [6.45, 7) is 2.01. The second-order valence-electron chi connectivity index (χ2n) is 3.11. The second-order valence-corrected chi connectivity index (χ2v) is 3.11. The molecule has 0 spiro atoms. The van der Waals surface area contributed by atoms with E-state index in [1.807, 2.05) is 0 Å². The van der Waals surface area contributed by atoms with Gasteiger partial charge in [-0.1, -0.05) is 0 Å². The van der Waals surface area contributed by atoms with Gasteiger partial charge in [-0.3, -0.25) is 4.79 Å². The topological polar surface area (TPSA) is 61.8 Å². The van der Waals surface area contributed by atoms with Crippen LogP contribution in [0.2, 0.25) is 0 Å². The van der Waals surface area contributed by atoms with E-state index in [0.717, 1.165) is 0 Å². The van der Waals surface area contributed by atoms with Crippen LogP contribution in [0.5, 0.6) is 11.5 Å². The molecular weight excluding hydrogens is 212 g/mol. The first kappa shape index (κ1) is 10.5. The van der Waals surface area contributed by atoms with E-state index in [2.05, 4.69) is 0 Å². The van der Waals surface area contributed by atoms with Crippen molar-refractivity contribution in [2.24, 2.45) is 0 Å². The van der Waals surface area contributed by atoms with Crippen LogP contribution in [0.15, 0.2) is 12.1 Å². The molecule has 1 aliphatic heterocycles. The molecule has 0 aliphatic carbocycles. The van der Waals surface area contributed by atoms with Crippen molar-refractivity contribution in [2.45, 2.75) is 6.92 Å². The molecule has 5 heteroatoms. The van der Waals surface area contributed by atoms with Gasteiger partial charge in [-0.2, -0.15) is 0 Å². The molecule has 5 nitrogen and oxygen atoms in total. The molecule has 2 rings (SSSR count). The fourth-order valence-corrected chi connectivity index (χ4v) is 1.48. The highest BCUT2D eigenvalue weighted by atomic mass is 16.7. The molecular formula is C11H10O5. The van der Waals surface area contributed by atoms with Crippen molar-refractivity contribution in [1.29, 1.82) is 0 Å². The van der Waals surface area contributed by atoms with Gasteiger partial charge in [-0.05, 0) is 19.1 Å². The Kier molecular flexibility index (Phi) is 2.76. The SMILES string of the molecule is CCOC(=O)c1ccc(C=O)c2c1OCO2. The Morgan fingerprint density at radius 1 is 1.44 bits per heavy atom. The number of fused-ring (bicyclic) bond motifs is 1. The van der Waals surface area contributed by atoms with E-state index in [1.54, 1.807) is 6.92 Å². The van der Waals surface area contributed by atoms with Gasteiger partial charge in [0.2, 0.25) is 6.79 Å². The quantitative estimate of drug-likeness (QED) is 0.571. The van der Waals surface area contributed by atoms with Crippen LogP contribution in [0.1, 0.15) is 27.6 Å². The number of hydrogen-bond donors (Lipinski definition) is 0. The lowest BCUT2D eigenvalue weighted by Crippen LogP contribution is -2.06. The maximum absolute atomic E-state index is 11.6. The molecule has 0 saturated carbocycles. The Labute approximate surface area is 91.9 Å². The molecule has 1 aromatic carbocycles. The molecule has 0 bridgehead atoms. The van der Waals surface area contributed by atoms with Crippen LogP contribution in [0.4, 0.5) is 0 Å². The molecule has 0 aromatic heterocycles. The molecule has 0 unspecified atom stereocenters. The van der Waals surface area contributed by atoms with Crippen LogP contribution in [-0.2, 0) is 4.74 Å². The molecule has 0 atom stereocenters. The van der Waals surface area contributed by atoms with Crippen LogP contribution in [0.25, 0.3) is 0 Å². The van der Waals surface area contributed by atoms with E-state index in [9.17, 15) is 9.59 Å². The van der Waals surface area contributed by atoms with E-state index in [4.69, 9.17) is 14.2 Å². The summed E-state index contributed by atoms with van der Waals surface area (Å²) in [4.78, 5) is 22.3. The van der Waals surface area contributed by atoms with E-state index in [0.29, 0.717) is 17.6 Å². The van der Waals surface area contributed by atoms with Crippen molar-refractivity contribution in [3.63, 3.8) is 0 Å². The Bertz CT molecular complexity index is 438. The Hall–Kier alpha value is -2.04. The zero-order valence-corrected chi connectivity index (χ0v) is 8.69. The first-order chi connectivity index (χ1) is 7.77. The van der Waals surface area contributed by atoms with E-state index >= 15 is 0 Å². The van der Waals surface area contributed by atoms with Crippen LogP contribution in [0, 0.1) is 0 Å². The minimum atomic E-state index is -0.485. The monoisotopic (exact) mass is 222 g/mol. The summed E-state index contributed by atoms with van der Waals surface area (Å²) < 4.78 is 15.1. The lowest BCUT2D eigenvalue weighted by atomic mass is 10.1. The fourth-order valence-electron chi connectivity index (χ4n) is 1.48. The minimum absolute atomic E-state index is 0.00654. The summed E-state index contributed by atoms with van der Waals surface area (Å²) >= 11 is 0. The van der Waals surface area contributed by atoms with Gasteiger partial charge in [-0.15, -0.1) is 0 Å². The summed E-state index contributed by atoms with van der Waals surface area (Å²) in [6, 6.07) is 3.00. The van der Waals surface area contributed by atoms with Crippen LogP contribution >= 0.6 is 0 Å². The van der Waals surface area contributed by atoms with E-state index < -0.39 is 5.97 Å². The maximum Gasteiger partial charge on any atom is 0.342 e. The molecule has 0 N–H and O–H groups in total. The molecule has 0 fully saturated rings. The number of carbonyl (C=O) groups is 2. The third-order valence-electron chi connectivity index (χ3n) is 2.17. The zero-order valence-electron chi connectivity index (χ0n) is 8.69. The van der Waals surface area contributed by atoms with Crippen molar-refractivity contribution in [2.75, 3.05) is 13.4 Å². The number of rotatable bonds is 3. The second kappa shape index (κ2) is 4.22. The number of esters is 1. The molecule has 1 aromatic rings. The van der Waals surface area contributed by atoms with Gasteiger partial charge in [0.25, 0.3) is 0 Å². The molecule has 16 heavy (non-hydrogen) atoms. The lowest BCUT2D eigenvalue weighted by molar-refractivity contribution is 0.0521. The third-order valence-corrected chi connectivity index (χ3v) is 2.17. The molecule has 0 saturated heterocycles. The first-order valence-electron chi connectivity index (χ1n) is 4.82. The summed E-state index contributed by atoms with van der Waals surface area (Å²) in [7, 11) is 0. The van der Waals surface area contributed by atoms with Gasteiger partial charge < -0.3 is 14.2 Å². The molecule has 0 radical (unpaired) electrons. The van der Waals surface area contributed by atoms with Gasteiger partial charge >= 0.3 is 5.97 Å². The number of carbonyl (C=O) groups excluding carboxylic acids is 2. The number of ether oxygens (including phenoxy) is 3. The molecule has 1 heterocycles. The lowest BCUT2D eigenvalue weighted by Gasteiger charge is -2.06. The van der Waals surface area contributed by atoms with Crippen molar-refractivity contribution in [3.8, 4) is 11.5 Å². The number of aldehydes is 1. The number of hydrogen-bond acceptors (Lipinski definition) is 5. The Morgan fingerprint density at radius 2 is 2.19 bits per heavy atom. The van der Waals surface area contributed by atoms with Crippen molar-refractivity contribution in [1.82, 2.24) is 0 Å². The molecule has 84 valence electrons. The van der Waals surface area contributed by atoms with E-state index in [-0.39, 0.29) is 24.7 Å². The predicted molar refractivity (Wildman–Crippen MR) is 53.9 cm³/mol. The van der Waals surface area contributed by atoms with Crippen LogP contribution in [-0.4, -0.2) is 25.7 Å². The highest BCUT2D eigenvalue weighted by molar-refractivity contribution is 5.96. The summed E-state index contributed by atoms with van der Waals surface area (Å²) in [5.74, 6) is 0.102. The summed E-state index contributed by atoms with van der Waals surface area (Å²) in [6.07, 6.45) is 0.655. The minimum Gasteiger partial charge on any atom is -0.462 e. The summed E-state index contributed by atoms with van der Waals surface area (Å²) in [5, 5.41) is 0. The van der Waals surface area contributed by atoms with Crippen LogP contribution < -0.4 is 9.47 Å². The predicted octanol–water partition coefficient (Wildman–Crippen LogP) is 1.40. The highest BCUT2D eigenvalue weighted by Gasteiger charge is 2.25. The van der Waals surface area contributed by atoms with Crippen LogP contribution in [0.3, 0.4) is 0 Å². The van der Waals surface area contributed by atoms with Gasteiger partial charge in [0.15, 0.2) is 17.8 Å². The summed E-state index contributed by atoms with van der Waals surface area (Å²) in [5.41, 5.74) is 0.639. The highest BCUT2D eigenvalue weighted by Crippen LogP contribution is 2.38. The molecule has 1 aliphatic rings. The normalized spacial score (nSPS) is 12.3. The third kappa shape index (κ3) is 1.60. The first-order valence-corrected chi connectivity index (χ1v) is 4.82. The smallest absolute Gasteiger partial charge is 0.342 e. The fraction of sp³-hybridized carbons (Fsp3) is 0.273. The van der Waals surface area contributed by atoms with E-state index in [1.165, 1.54) is 12.1 Å². The Morgan fingerprint density at radius 3 is 2.88 bits per heavy atom. The average molecular weight is 222 g/mol. The van der Waals surface area contributed by atoms with Crippen molar-refractivity contribution < 1.29 is 23.8 Å². The van der Waals surface area contributed by atoms with Gasteiger partial charge in [-0.25, -0.2) is 4.79 Å². The zero-order chi connectivity index (χ0) is 11.5. The standard InChI is InChI=1S/C11H10O5/c1-2-14-11(13)8-4-3-7(5-12)9-10(8)16-6-15-9/h3-5H,2,6H2,1H3. The maximum atomic E-state index is 11.6. The molecule has 0 amide bonds. The van der Waals surface area contributed by atoms with Crippen molar-refractivity contribution >= 4 is 12.3 Å². The van der Waals surface area contributed by atoms with Gasteiger partial charge in [0, 0.05) is 0 Å².